The number of carbonyl (C=O) groups excluding carboxylic acids is 2. The SMILES string of the molecule is Cc1ccc(C(=O)C2CCCN2C(=O)c2ccc(=O)[nH]c2)cc1C. The highest BCUT2D eigenvalue weighted by Gasteiger charge is 2.35. The number of aryl methyl sites for hydroxylation is 2. The van der Waals surface area contributed by atoms with E-state index in [4.69, 9.17) is 0 Å². The highest BCUT2D eigenvalue weighted by Crippen LogP contribution is 2.24. The van der Waals surface area contributed by atoms with Crippen molar-refractivity contribution in [2.24, 2.45) is 0 Å². The second-order valence-corrected chi connectivity index (χ2v) is 6.26. The average Bonchev–Trinajstić information content (AvgIpc) is 3.06. The number of H-pyrrole nitrogens is 1. The fourth-order valence-corrected chi connectivity index (χ4v) is 3.08. The first-order valence-corrected chi connectivity index (χ1v) is 8.08. The summed E-state index contributed by atoms with van der Waals surface area (Å²) in [5, 5.41) is 0. The van der Waals surface area contributed by atoms with Crippen LogP contribution in [0.2, 0.25) is 0 Å². The van der Waals surface area contributed by atoms with Crippen LogP contribution in [0.15, 0.2) is 41.3 Å². The van der Waals surface area contributed by atoms with E-state index in [0.29, 0.717) is 24.1 Å². The molecule has 0 aliphatic carbocycles. The first-order valence-electron chi connectivity index (χ1n) is 8.08. The molecule has 5 heteroatoms. The van der Waals surface area contributed by atoms with E-state index in [9.17, 15) is 14.4 Å². The molecule has 3 rings (SSSR count). The van der Waals surface area contributed by atoms with Crippen molar-refractivity contribution in [3.05, 3.63) is 69.1 Å². The van der Waals surface area contributed by atoms with Crippen molar-refractivity contribution in [3.8, 4) is 0 Å². The minimum absolute atomic E-state index is 0.0200. The minimum Gasteiger partial charge on any atom is -0.328 e. The minimum atomic E-state index is -0.438. The standard InChI is InChI=1S/C19H20N2O3/c1-12-5-6-14(10-13(12)2)18(23)16-4-3-9-21(16)19(24)15-7-8-17(22)20-11-15/h5-8,10-11,16H,3-4,9H2,1-2H3,(H,20,22). The number of likely N-dealkylation sites (tertiary alicyclic amines) is 1. The molecule has 2 heterocycles. The maximum absolute atomic E-state index is 12.9. The van der Waals surface area contributed by atoms with Crippen LogP contribution < -0.4 is 5.56 Å². The Balaban J connectivity index is 1.85. The number of aromatic amines is 1. The van der Waals surface area contributed by atoms with Crippen LogP contribution in [-0.4, -0.2) is 34.2 Å². The van der Waals surface area contributed by atoms with Crippen molar-refractivity contribution in [3.63, 3.8) is 0 Å². The summed E-state index contributed by atoms with van der Waals surface area (Å²) in [4.78, 5) is 40.8. The summed E-state index contributed by atoms with van der Waals surface area (Å²) in [5.41, 5.74) is 2.99. The molecule has 0 bridgehead atoms. The third-order valence-corrected chi connectivity index (χ3v) is 4.64. The van der Waals surface area contributed by atoms with Crippen LogP contribution in [0, 0.1) is 13.8 Å². The number of nitrogens with one attached hydrogen (secondary N) is 1. The number of benzene rings is 1. The number of hydrogen-bond donors (Lipinski definition) is 1. The predicted octanol–water partition coefficient (Wildman–Crippen LogP) is 2.48. The van der Waals surface area contributed by atoms with Crippen molar-refractivity contribution < 1.29 is 9.59 Å². The van der Waals surface area contributed by atoms with Gasteiger partial charge in [0.25, 0.3) is 5.91 Å². The topological polar surface area (TPSA) is 70.2 Å². The molecule has 5 nitrogen and oxygen atoms in total. The van der Waals surface area contributed by atoms with E-state index in [0.717, 1.165) is 17.5 Å². The normalized spacial score (nSPS) is 17.1. The Morgan fingerprint density at radius 1 is 1.08 bits per heavy atom. The van der Waals surface area contributed by atoms with E-state index in [1.165, 1.54) is 18.3 Å². The highest BCUT2D eigenvalue weighted by atomic mass is 16.2. The lowest BCUT2D eigenvalue weighted by atomic mass is 9.98. The van der Waals surface area contributed by atoms with Gasteiger partial charge in [-0.3, -0.25) is 14.4 Å². The molecule has 1 aromatic heterocycles. The van der Waals surface area contributed by atoms with Gasteiger partial charge in [0.2, 0.25) is 5.56 Å². The van der Waals surface area contributed by atoms with E-state index in [2.05, 4.69) is 4.98 Å². The van der Waals surface area contributed by atoms with E-state index >= 15 is 0 Å². The number of nitrogens with zero attached hydrogens (tertiary/aromatic N) is 1. The Bertz CT molecular complexity index is 833. The van der Waals surface area contributed by atoms with Gasteiger partial charge in [-0.05, 0) is 49.9 Å². The summed E-state index contributed by atoms with van der Waals surface area (Å²) >= 11 is 0. The molecule has 1 aliphatic heterocycles. The summed E-state index contributed by atoms with van der Waals surface area (Å²) in [6, 6.07) is 8.03. The van der Waals surface area contributed by atoms with Gasteiger partial charge in [0.1, 0.15) is 0 Å². The molecule has 124 valence electrons. The molecule has 0 radical (unpaired) electrons. The third-order valence-electron chi connectivity index (χ3n) is 4.64. The first-order chi connectivity index (χ1) is 11.5. The van der Waals surface area contributed by atoms with Crippen molar-refractivity contribution in [1.82, 2.24) is 9.88 Å². The molecule has 1 unspecified atom stereocenters. The largest absolute Gasteiger partial charge is 0.328 e. The van der Waals surface area contributed by atoms with Gasteiger partial charge in [0.15, 0.2) is 5.78 Å². The lowest BCUT2D eigenvalue weighted by Crippen LogP contribution is -2.40. The van der Waals surface area contributed by atoms with Crippen molar-refractivity contribution in [2.45, 2.75) is 32.7 Å². The number of aromatic nitrogens is 1. The molecular formula is C19H20N2O3. The van der Waals surface area contributed by atoms with Gasteiger partial charge >= 0.3 is 0 Å². The lowest BCUT2D eigenvalue weighted by Gasteiger charge is -2.24. The van der Waals surface area contributed by atoms with Crippen molar-refractivity contribution in [1.29, 1.82) is 0 Å². The maximum atomic E-state index is 12.9. The Morgan fingerprint density at radius 2 is 1.83 bits per heavy atom. The molecule has 1 atom stereocenters. The Morgan fingerprint density at radius 3 is 2.50 bits per heavy atom. The van der Waals surface area contributed by atoms with Crippen molar-refractivity contribution >= 4 is 11.7 Å². The average molecular weight is 324 g/mol. The zero-order chi connectivity index (χ0) is 17.3. The van der Waals surface area contributed by atoms with Crippen LogP contribution in [0.1, 0.15) is 44.7 Å². The van der Waals surface area contributed by atoms with Crippen LogP contribution >= 0.6 is 0 Å². The number of carbonyl (C=O) groups is 2. The zero-order valence-electron chi connectivity index (χ0n) is 13.8. The first kappa shape index (κ1) is 16.2. The third kappa shape index (κ3) is 3.02. The number of pyridine rings is 1. The van der Waals surface area contributed by atoms with Crippen LogP contribution in [-0.2, 0) is 0 Å². The van der Waals surface area contributed by atoms with Crippen LogP contribution in [0.5, 0.6) is 0 Å². The summed E-state index contributed by atoms with van der Waals surface area (Å²) in [6.45, 7) is 4.54. The monoisotopic (exact) mass is 324 g/mol. The summed E-state index contributed by atoms with van der Waals surface area (Å²) < 4.78 is 0. The Kier molecular flexibility index (Phi) is 4.34. The predicted molar refractivity (Wildman–Crippen MR) is 91.4 cm³/mol. The zero-order valence-corrected chi connectivity index (χ0v) is 13.8. The number of rotatable bonds is 3. The quantitative estimate of drug-likeness (QED) is 0.882. The molecule has 1 amide bonds. The second kappa shape index (κ2) is 6.43. The fraction of sp³-hybridized carbons (Fsp3) is 0.316. The molecular weight excluding hydrogens is 304 g/mol. The summed E-state index contributed by atoms with van der Waals surface area (Å²) in [6.07, 6.45) is 2.87. The van der Waals surface area contributed by atoms with Gasteiger partial charge < -0.3 is 9.88 Å². The molecule has 2 aromatic rings. The Hall–Kier alpha value is -2.69. The Labute approximate surface area is 140 Å². The van der Waals surface area contributed by atoms with Crippen LogP contribution in [0.25, 0.3) is 0 Å². The van der Waals surface area contributed by atoms with Gasteiger partial charge in [-0.25, -0.2) is 0 Å². The number of ketones is 1. The molecule has 1 saturated heterocycles. The van der Waals surface area contributed by atoms with Gasteiger partial charge in [-0.2, -0.15) is 0 Å². The number of amides is 1. The molecule has 1 N–H and O–H groups in total. The van der Waals surface area contributed by atoms with Gasteiger partial charge in [-0.15, -0.1) is 0 Å². The molecule has 1 fully saturated rings. The van der Waals surface area contributed by atoms with E-state index in [1.807, 2.05) is 32.0 Å². The smallest absolute Gasteiger partial charge is 0.255 e. The number of hydrogen-bond acceptors (Lipinski definition) is 3. The highest BCUT2D eigenvalue weighted by molar-refractivity contribution is 6.04. The molecule has 1 aromatic carbocycles. The molecule has 0 spiro atoms. The molecule has 1 aliphatic rings. The molecule has 24 heavy (non-hydrogen) atoms. The van der Waals surface area contributed by atoms with Crippen LogP contribution in [0.3, 0.4) is 0 Å². The second-order valence-electron chi connectivity index (χ2n) is 6.26. The van der Waals surface area contributed by atoms with Crippen LogP contribution in [0.4, 0.5) is 0 Å². The van der Waals surface area contributed by atoms with Crippen molar-refractivity contribution in [2.75, 3.05) is 6.54 Å². The van der Waals surface area contributed by atoms with Gasteiger partial charge in [0.05, 0.1) is 11.6 Å². The fourth-order valence-electron chi connectivity index (χ4n) is 3.08. The van der Waals surface area contributed by atoms with Gasteiger partial charge in [-0.1, -0.05) is 12.1 Å². The summed E-state index contributed by atoms with van der Waals surface area (Å²) in [5.74, 6) is -0.237. The van der Waals surface area contributed by atoms with E-state index in [1.54, 1.807) is 4.90 Å². The van der Waals surface area contributed by atoms with E-state index in [-0.39, 0.29) is 17.2 Å². The lowest BCUT2D eigenvalue weighted by molar-refractivity contribution is 0.0671. The summed E-state index contributed by atoms with van der Waals surface area (Å²) in [7, 11) is 0. The molecule has 0 saturated carbocycles. The van der Waals surface area contributed by atoms with E-state index < -0.39 is 6.04 Å². The number of Topliss-reactive ketones (excluding diaryl/α,β-unsaturated/α-hetero) is 1. The van der Waals surface area contributed by atoms with Gasteiger partial charge in [0, 0.05) is 24.4 Å². The maximum Gasteiger partial charge on any atom is 0.255 e.